The van der Waals surface area contributed by atoms with Gasteiger partial charge >= 0.3 is 0 Å². The van der Waals surface area contributed by atoms with Gasteiger partial charge in [-0.25, -0.2) is 9.98 Å². The zero-order valence-corrected chi connectivity index (χ0v) is 18.8. The van der Waals surface area contributed by atoms with Crippen LogP contribution in [0.3, 0.4) is 0 Å². The van der Waals surface area contributed by atoms with Gasteiger partial charge in [-0.1, -0.05) is 31.9 Å². The average Bonchev–Trinajstić information content (AvgIpc) is 3.05. The number of hydrogen-bond donors (Lipinski definition) is 2. The Hall–Kier alpha value is -2.57. The SMILES string of the molecule is Cc1nc2ccccc2n1CCCNC(=NCC(=O)N(C)C)NC1CCCCC1C. The number of aryl methyl sites for hydroxylation is 2. The van der Waals surface area contributed by atoms with Gasteiger partial charge in [0.15, 0.2) is 5.96 Å². The van der Waals surface area contributed by atoms with E-state index in [4.69, 9.17) is 0 Å². The number of aromatic nitrogens is 2. The number of nitrogens with one attached hydrogen (secondary N) is 2. The number of amides is 1. The second-order valence-corrected chi connectivity index (χ2v) is 8.55. The van der Waals surface area contributed by atoms with E-state index in [2.05, 4.69) is 57.2 Å². The molecule has 1 fully saturated rings. The van der Waals surface area contributed by atoms with Crippen molar-refractivity contribution in [2.45, 2.75) is 58.5 Å². The van der Waals surface area contributed by atoms with E-state index in [-0.39, 0.29) is 12.5 Å². The fourth-order valence-corrected chi connectivity index (χ4v) is 4.07. The van der Waals surface area contributed by atoms with E-state index in [0.717, 1.165) is 43.2 Å². The quantitative estimate of drug-likeness (QED) is 0.417. The molecule has 164 valence electrons. The van der Waals surface area contributed by atoms with Crippen molar-refractivity contribution in [3.8, 4) is 0 Å². The third kappa shape index (κ3) is 5.74. The normalized spacial score (nSPS) is 19.7. The number of carbonyl (C=O) groups is 1. The van der Waals surface area contributed by atoms with E-state index in [1.807, 2.05) is 6.07 Å². The zero-order valence-electron chi connectivity index (χ0n) is 18.8. The van der Waals surface area contributed by atoms with Crippen LogP contribution in [0, 0.1) is 12.8 Å². The summed E-state index contributed by atoms with van der Waals surface area (Å²) in [5, 5.41) is 7.03. The maximum atomic E-state index is 12.0. The fourth-order valence-electron chi connectivity index (χ4n) is 4.07. The molecular formula is C23H36N6O. The number of benzene rings is 1. The van der Waals surface area contributed by atoms with Crippen LogP contribution in [0.2, 0.25) is 0 Å². The molecule has 7 nitrogen and oxygen atoms in total. The molecule has 1 heterocycles. The summed E-state index contributed by atoms with van der Waals surface area (Å²) in [6.45, 7) is 6.19. The lowest BCUT2D eigenvalue weighted by Gasteiger charge is -2.31. The van der Waals surface area contributed by atoms with Crippen LogP contribution in [0.1, 0.15) is 44.9 Å². The van der Waals surface area contributed by atoms with E-state index >= 15 is 0 Å². The Kier molecular flexibility index (Phi) is 7.71. The van der Waals surface area contributed by atoms with E-state index in [9.17, 15) is 4.79 Å². The summed E-state index contributed by atoms with van der Waals surface area (Å²) in [5.74, 6) is 2.41. The van der Waals surface area contributed by atoms with Crippen molar-refractivity contribution < 1.29 is 4.79 Å². The van der Waals surface area contributed by atoms with E-state index in [1.54, 1.807) is 19.0 Å². The molecule has 1 saturated carbocycles. The molecule has 0 bridgehead atoms. The monoisotopic (exact) mass is 412 g/mol. The van der Waals surface area contributed by atoms with Crippen LogP contribution >= 0.6 is 0 Å². The highest BCUT2D eigenvalue weighted by Crippen LogP contribution is 2.23. The molecule has 2 atom stereocenters. The second-order valence-electron chi connectivity index (χ2n) is 8.55. The Morgan fingerprint density at radius 1 is 1.27 bits per heavy atom. The summed E-state index contributed by atoms with van der Waals surface area (Å²) in [4.78, 5) is 22.8. The molecule has 2 unspecified atom stereocenters. The lowest BCUT2D eigenvalue weighted by molar-refractivity contribution is -0.127. The minimum absolute atomic E-state index is 0.00769. The van der Waals surface area contributed by atoms with Gasteiger partial charge in [0.1, 0.15) is 12.4 Å². The summed E-state index contributed by atoms with van der Waals surface area (Å²) >= 11 is 0. The highest BCUT2D eigenvalue weighted by Gasteiger charge is 2.22. The summed E-state index contributed by atoms with van der Waals surface area (Å²) < 4.78 is 2.26. The zero-order chi connectivity index (χ0) is 21.5. The molecule has 0 aliphatic heterocycles. The van der Waals surface area contributed by atoms with Crippen molar-refractivity contribution in [3.63, 3.8) is 0 Å². The molecule has 0 radical (unpaired) electrons. The predicted octanol–water partition coefficient (Wildman–Crippen LogP) is 2.94. The molecule has 0 saturated heterocycles. The number of guanidine groups is 1. The molecular weight excluding hydrogens is 376 g/mol. The third-order valence-corrected chi connectivity index (χ3v) is 6.00. The molecule has 1 aliphatic carbocycles. The molecule has 30 heavy (non-hydrogen) atoms. The largest absolute Gasteiger partial charge is 0.356 e. The van der Waals surface area contributed by atoms with Crippen molar-refractivity contribution in [3.05, 3.63) is 30.1 Å². The smallest absolute Gasteiger partial charge is 0.243 e. The molecule has 1 aliphatic rings. The standard InChI is InChI=1S/C23H36N6O/c1-17-10-5-6-11-19(17)27-23(25-16-22(30)28(3)4)24-14-9-15-29-18(2)26-20-12-7-8-13-21(20)29/h7-8,12-13,17,19H,5-6,9-11,14-16H2,1-4H3,(H2,24,25,27). The Bertz CT molecular complexity index is 872. The van der Waals surface area contributed by atoms with Gasteiger partial charge in [-0.3, -0.25) is 4.79 Å². The molecule has 3 rings (SSSR count). The summed E-state index contributed by atoms with van der Waals surface area (Å²) in [7, 11) is 3.53. The number of para-hydroxylation sites is 2. The number of carbonyl (C=O) groups excluding carboxylic acids is 1. The molecule has 1 aromatic carbocycles. The van der Waals surface area contributed by atoms with Crippen molar-refractivity contribution >= 4 is 22.9 Å². The third-order valence-electron chi connectivity index (χ3n) is 6.00. The Balaban J connectivity index is 1.58. The van der Waals surface area contributed by atoms with Gasteiger partial charge in [0, 0.05) is 33.2 Å². The number of imidazole rings is 1. The number of aliphatic imine (C=N–C) groups is 1. The molecule has 2 N–H and O–H groups in total. The van der Waals surface area contributed by atoms with Gasteiger partial charge in [-0.2, -0.15) is 0 Å². The molecule has 0 spiro atoms. The molecule has 1 aromatic heterocycles. The highest BCUT2D eigenvalue weighted by molar-refractivity contribution is 5.85. The second kappa shape index (κ2) is 10.5. The maximum Gasteiger partial charge on any atom is 0.243 e. The fraction of sp³-hybridized carbons (Fsp3) is 0.609. The van der Waals surface area contributed by atoms with Crippen LogP contribution in [0.15, 0.2) is 29.3 Å². The van der Waals surface area contributed by atoms with Crippen molar-refractivity contribution in [1.29, 1.82) is 0 Å². The van der Waals surface area contributed by atoms with Gasteiger partial charge in [0.25, 0.3) is 0 Å². The van der Waals surface area contributed by atoms with Crippen molar-refractivity contribution in [2.24, 2.45) is 10.9 Å². The predicted molar refractivity (Wildman–Crippen MR) is 123 cm³/mol. The van der Waals surface area contributed by atoms with Gasteiger partial charge in [0.2, 0.25) is 5.91 Å². The van der Waals surface area contributed by atoms with Crippen LogP contribution in [-0.2, 0) is 11.3 Å². The Morgan fingerprint density at radius 2 is 2.03 bits per heavy atom. The lowest BCUT2D eigenvalue weighted by atomic mass is 9.86. The Morgan fingerprint density at radius 3 is 2.80 bits per heavy atom. The van der Waals surface area contributed by atoms with E-state index in [0.29, 0.717) is 12.0 Å². The van der Waals surface area contributed by atoms with Crippen LogP contribution in [0.5, 0.6) is 0 Å². The Labute approximate surface area is 180 Å². The van der Waals surface area contributed by atoms with Crippen molar-refractivity contribution in [2.75, 3.05) is 27.2 Å². The van der Waals surface area contributed by atoms with Gasteiger partial charge in [0.05, 0.1) is 11.0 Å². The first kappa shape index (κ1) is 22.1. The lowest BCUT2D eigenvalue weighted by Crippen LogP contribution is -2.48. The van der Waals surface area contributed by atoms with Crippen LogP contribution in [0.4, 0.5) is 0 Å². The average molecular weight is 413 g/mol. The van der Waals surface area contributed by atoms with Gasteiger partial charge in [-0.15, -0.1) is 0 Å². The first-order valence-corrected chi connectivity index (χ1v) is 11.1. The highest BCUT2D eigenvalue weighted by atomic mass is 16.2. The minimum atomic E-state index is 0.00769. The topological polar surface area (TPSA) is 74.5 Å². The number of fused-ring (bicyclic) bond motifs is 1. The molecule has 7 heteroatoms. The van der Waals surface area contributed by atoms with Gasteiger partial charge < -0.3 is 20.1 Å². The summed E-state index contributed by atoms with van der Waals surface area (Å²) in [5.41, 5.74) is 2.22. The van der Waals surface area contributed by atoms with Crippen molar-refractivity contribution in [1.82, 2.24) is 25.1 Å². The maximum absolute atomic E-state index is 12.0. The molecule has 1 amide bonds. The summed E-state index contributed by atoms with van der Waals surface area (Å²) in [6.07, 6.45) is 5.90. The number of nitrogens with zero attached hydrogens (tertiary/aromatic N) is 4. The van der Waals surface area contributed by atoms with Crippen LogP contribution < -0.4 is 10.6 Å². The van der Waals surface area contributed by atoms with Crippen LogP contribution in [0.25, 0.3) is 11.0 Å². The van der Waals surface area contributed by atoms with E-state index < -0.39 is 0 Å². The number of hydrogen-bond acceptors (Lipinski definition) is 3. The summed E-state index contributed by atoms with van der Waals surface area (Å²) in [6, 6.07) is 8.67. The number of rotatable bonds is 7. The first-order valence-electron chi connectivity index (χ1n) is 11.1. The van der Waals surface area contributed by atoms with Crippen LogP contribution in [-0.4, -0.2) is 59.5 Å². The molecule has 2 aromatic rings. The number of likely N-dealkylation sites (N-methyl/N-ethyl adjacent to an activating group) is 1. The van der Waals surface area contributed by atoms with Gasteiger partial charge in [-0.05, 0) is 44.2 Å². The first-order chi connectivity index (χ1) is 14.5. The minimum Gasteiger partial charge on any atom is -0.356 e. The van der Waals surface area contributed by atoms with E-state index in [1.165, 1.54) is 24.8 Å².